The van der Waals surface area contributed by atoms with Gasteiger partial charge in [0.05, 0.1) is 5.70 Å². The van der Waals surface area contributed by atoms with Crippen molar-refractivity contribution in [2.45, 2.75) is 33.2 Å². The van der Waals surface area contributed by atoms with Gasteiger partial charge in [0.1, 0.15) is 6.04 Å². The number of nitrogens with two attached hydrogens (primary N) is 1. The van der Waals surface area contributed by atoms with Crippen LogP contribution in [0.25, 0.3) is 0 Å². The molecule has 88 valence electrons. The molecule has 0 fully saturated rings. The summed E-state index contributed by atoms with van der Waals surface area (Å²) in [5.74, 6) is -1.21. The van der Waals surface area contributed by atoms with Crippen molar-refractivity contribution in [3.05, 3.63) is 12.3 Å². The zero-order chi connectivity index (χ0) is 12.4. The van der Waals surface area contributed by atoms with Crippen LogP contribution in [0.2, 0.25) is 0 Å². The Morgan fingerprint density at radius 2 is 1.93 bits per heavy atom. The third-order valence-corrected chi connectivity index (χ3v) is 1.54. The van der Waals surface area contributed by atoms with Crippen LogP contribution in [0.4, 0.5) is 0 Å². The van der Waals surface area contributed by atoms with Crippen LogP contribution in [0, 0.1) is 0 Å². The van der Waals surface area contributed by atoms with Crippen molar-refractivity contribution >= 4 is 11.8 Å². The third kappa shape index (κ3) is 8.96. The van der Waals surface area contributed by atoms with Gasteiger partial charge in [0.25, 0.3) is 0 Å². The molecule has 0 amide bonds. The monoisotopic (exact) mass is 216 g/mol. The number of nitrogens with one attached hydrogen (secondary N) is 1. The Kier molecular flexibility index (Phi) is 9.87. The highest BCUT2D eigenvalue weighted by atomic mass is 16.4. The second-order valence-corrected chi connectivity index (χ2v) is 2.69. The molecule has 0 rings (SSSR count). The molecule has 5 nitrogen and oxygen atoms in total. The number of aliphatic carboxylic acids is 1. The second kappa shape index (κ2) is 9.21. The number of ketones is 1. The Morgan fingerprint density at radius 1 is 1.47 bits per heavy atom. The van der Waals surface area contributed by atoms with E-state index in [-0.39, 0.29) is 17.9 Å². The summed E-state index contributed by atoms with van der Waals surface area (Å²) in [4.78, 5) is 20.9. The van der Waals surface area contributed by atoms with Crippen LogP contribution in [0.3, 0.4) is 0 Å². The fraction of sp³-hybridized carbons (Fsp3) is 0.600. The van der Waals surface area contributed by atoms with Gasteiger partial charge in [-0.2, -0.15) is 0 Å². The first-order valence-electron chi connectivity index (χ1n) is 4.87. The molecule has 0 saturated heterocycles. The summed E-state index contributed by atoms with van der Waals surface area (Å²) in [6.45, 7) is 9.17. The number of carbonyl (C=O) groups excluding carboxylic acids is 1. The smallest absolute Gasteiger partial charge is 0.320 e. The lowest BCUT2D eigenvalue weighted by Gasteiger charge is -2.08. The van der Waals surface area contributed by atoms with Crippen LogP contribution >= 0.6 is 0 Å². The topological polar surface area (TPSA) is 92.4 Å². The van der Waals surface area contributed by atoms with Crippen molar-refractivity contribution in [2.24, 2.45) is 5.73 Å². The molecule has 0 aromatic rings. The summed E-state index contributed by atoms with van der Waals surface area (Å²) < 4.78 is 0. The lowest BCUT2D eigenvalue weighted by Crippen LogP contribution is -2.34. The molecular weight excluding hydrogens is 196 g/mol. The van der Waals surface area contributed by atoms with E-state index >= 15 is 0 Å². The largest absolute Gasteiger partial charge is 0.480 e. The molecule has 1 unspecified atom stereocenters. The van der Waals surface area contributed by atoms with E-state index in [0.717, 1.165) is 0 Å². The maximum absolute atomic E-state index is 10.6. The molecule has 0 saturated carbocycles. The van der Waals surface area contributed by atoms with Gasteiger partial charge < -0.3 is 16.2 Å². The normalized spacial score (nSPS) is 10.7. The van der Waals surface area contributed by atoms with Crippen molar-refractivity contribution in [3.8, 4) is 0 Å². The van der Waals surface area contributed by atoms with Crippen molar-refractivity contribution in [2.75, 3.05) is 6.54 Å². The summed E-state index contributed by atoms with van der Waals surface area (Å²) in [6.07, 6.45) is 0.266. The lowest BCUT2D eigenvalue weighted by atomic mass is 10.2. The highest BCUT2D eigenvalue weighted by Crippen LogP contribution is 1.90. The SMILES string of the molecule is C=C(NCCC(N)C(=O)O)C(C)=O.CC. The fourth-order valence-corrected chi connectivity index (χ4v) is 0.627. The number of hydrogen-bond acceptors (Lipinski definition) is 4. The molecule has 0 aromatic heterocycles. The van der Waals surface area contributed by atoms with Crippen molar-refractivity contribution in [1.82, 2.24) is 5.32 Å². The molecular formula is C10H20N2O3. The minimum atomic E-state index is -1.05. The van der Waals surface area contributed by atoms with Gasteiger partial charge in [-0.25, -0.2) is 0 Å². The van der Waals surface area contributed by atoms with Crippen LogP contribution in [-0.2, 0) is 9.59 Å². The maximum Gasteiger partial charge on any atom is 0.320 e. The van der Waals surface area contributed by atoms with E-state index in [1.165, 1.54) is 6.92 Å². The van der Waals surface area contributed by atoms with Gasteiger partial charge in [-0.15, -0.1) is 0 Å². The Hall–Kier alpha value is -1.36. The Balaban J connectivity index is 0. The van der Waals surface area contributed by atoms with Gasteiger partial charge in [-0.05, 0) is 6.42 Å². The first-order chi connectivity index (χ1) is 6.95. The predicted molar refractivity (Wildman–Crippen MR) is 59.4 cm³/mol. The average Bonchev–Trinajstić information content (AvgIpc) is 2.20. The zero-order valence-electron chi connectivity index (χ0n) is 9.54. The van der Waals surface area contributed by atoms with Crippen LogP contribution in [0.15, 0.2) is 12.3 Å². The molecule has 0 aliphatic heterocycles. The summed E-state index contributed by atoms with van der Waals surface area (Å²) in [6, 6.07) is -0.896. The van der Waals surface area contributed by atoms with Gasteiger partial charge in [-0.3, -0.25) is 9.59 Å². The van der Waals surface area contributed by atoms with Crippen LogP contribution < -0.4 is 11.1 Å². The van der Waals surface area contributed by atoms with E-state index in [0.29, 0.717) is 6.54 Å². The summed E-state index contributed by atoms with van der Waals surface area (Å²) in [5, 5.41) is 11.1. The van der Waals surface area contributed by atoms with Crippen LogP contribution in [0.5, 0.6) is 0 Å². The third-order valence-electron chi connectivity index (χ3n) is 1.54. The molecule has 0 radical (unpaired) electrons. The summed E-state index contributed by atoms with van der Waals surface area (Å²) in [7, 11) is 0. The first-order valence-corrected chi connectivity index (χ1v) is 4.87. The van der Waals surface area contributed by atoms with E-state index in [9.17, 15) is 9.59 Å². The van der Waals surface area contributed by atoms with Crippen LogP contribution in [-0.4, -0.2) is 29.4 Å². The lowest BCUT2D eigenvalue weighted by molar-refractivity contribution is -0.138. The number of carbonyl (C=O) groups is 2. The number of rotatable bonds is 6. The van der Waals surface area contributed by atoms with Gasteiger partial charge >= 0.3 is 5.97 Å². The average molecular weight is 216 g/mol. The fourth-order valence-electron chi connectivity index (χ4n) is 0.627. The molecule has 0 aromatic carbocycles. The van der Waals surface area contributed by atoms with Crippen molar-refractivity contribution < 1.29 is 14.7 Å². The Morgan fingerprint density at radius 3 is 2.27 bits per heavy atom. The van der Waals surface area contributed by atoms with E-state index in [1.807, 2.05) is 13.8 Å². The number of allylic oxidation sites excluding steroid dienone is 1. The van der Waals surface area contributed by atoms with Crippen molar-refractivity contribution in [3.63, 3.8) is 0 Å². The molecule has 0 aliphatic carbocycles. The highest BCUT2D eigenvalue weighted by molar-refractivity contribution is 5.91. The van der Waals surface area contributed by atoms with E-state index in [1.54, 1.807) is 0 Å². The van der Waals surface area contributed by atoms with E-state index < -0.39 is 12.0 Å². The summed E-state index contributed by atoms with van der Waals surface area (Å²) >= 11 is 0. The van der Waals surface area contributed by atoms with E-state index in [4.69, 9.17) is 10.8 Å². The van der Waals surface area contributed by atoms with Gasteiger partial charge in [0.2, 0.25) is 0 Å². The minimum Gasteiger partial charge on any atom is -0.480 e. The molecule has 5 heteroatoms. The molecule has 0 spiro atoms. The first kappa shape index (κ1) is 16.1. The Labute approximate surface area is 90.3 Å². The maximum atomic E-state index is 10.6. The number of Topliss-reactive ketones (excluding diaryl/α,β-unsaturated/α-hetero) is 1. The van der Waals surface area contributed by atoms with Crippen molar-refractivity contribution in [1.29, 1.82) is 0 Å². The number of hydrogen-bond donors (Lipinski definition) is 3. The molecule has 15 heavy (non-hydrogen) atoms. The molecule has 0 aliphatic rings. The number of carboxylic acid groups (broad SMARTS) is 1. The van der Waals surface area contributed by atoms with Gasteiger partial charge in [0, 0.05) is 13.5 Å². The minimum absolute atomic E-state index is 0.163. The second-order valence-electron chi connectivity index (χ2n) is 2.69. The van der Waals surface area contributed by atoms with E-state index in [2.05, 4.69) is 11.9 Å². The predicted octanol–water partition coefficient (Wildman–Crippen LogP) is 0.507. The standard InChI is InChI=1S/C8H14N2O3.C2H6/c1-5(6(2)11)10-4-3-7(9)8(12)13;1-2/h7,10H,1,3-4,9H2,2H3,(H,12,13);1-2H3. The molecule has 0 bridgehead atoms. The zero-order valence-corrected chi connectivity index (χ0v) is 9.54. The number of carboxylic acids is 1. The molecule has 0 heterocycles. The quantitative estimate of drug-likeness (QED) is 0.562. The highest BCUT2D eigenvalue weighted by Gasteiger charge is 2.10. The van der Waals surface area contributed by atoms with Crippen LogP contribution in [0.1, 0.15) is 27.2 Å². The molecule has 1 atom stereocenters. The molecule has 4 N–H and O–H groups in total. The van der Waals surface area contributed by atoms with Gasteiger partial charge in [-0.1, -0.05) is 20.4 Å². The van der Waals surface area contributed by atoms with Gasteiger partial charge in [0.15, 0.2) is 5.78 Å². The Bertz CT molecular complexity index is 227. The summed E-state index contributed by atoms with van der Waals surface area (Å²) in [5.41, 5.74) is 5.50.